The highest BCUT2D eigenvalue weighted by molar-refractivity contribution is 9.10. The largest absolute Gasteiger partial charge is 0.481 e. The van der Waals surface area contributed by atoms with Crippen molar-refractivity contribution in [2.24, 2.45) is 0 Å². The highest BCUT2D eigenvalue weighted by Gasteiger charge is 2.29. The molecule has 3 rings (SSSR count). The van der Waals surface area contributed by atoms with Crippen molar-refractivity contribution in [3.63, 3.8) is 0 Å². The first-order chi connectivity index (χ1) is 9.63. The van der Waals surface area contributed by atoms with Gasteiger partial charge in [0.2, 0.25) is 0 Å². The molecule has 0 amide bonds. The maximum atomic E-state index is 11.0. The summed E-state index contributed by atoms with van der Waals surface area (Å²) < 4.78 is 1.10. The summed E-state index contributed by atoms with van der Waals surface area (Å²) in [7, 11) is 0. The number of thiophene rings is 1. The fraction of sp³-hybridized carbons (Fsp3) is 0.267. The average molecular weight is 352 g/mol. The lowest BCUT2D eigenvalue weighted by molar-refractivity contribution is -0.137. The number of hydrogen-bond donors (Lipinski definition) is 1. The summed E-state index contributed by atoms with van der Waals surface area (Å²) in [5.74, 6) is -0.641. The van der Waals surface area contributed by atoms with Crippen molar-refractivity contribution in [3.05, 3.63) is 50.6 Å². The number of nitrogens with zero attached hydrogens (tertiary/aromatic N) is 1. The predicted octanol–water partition coefficient (Wildman–Crippen LogP) is 4.09. The minimum absolute atomic E-state index is 0.0899. The molecular formula is C15H14BrNO2S. The van der Waals surface area contributed by atoms with Crippen molar-refractivity contribution in [1.82, 2.24) is 0 Å². The van der Waals surface area contributed by atoms with Crippen LogP contribution in [0.4, 0.5) is 5.69 Å². The summed E-state index contributed by atoms with van der Waals surface area (Å²) in [6.45, 7) is 1.62. The lowest BCUT2D eigenvalue weighted by Crippen LogP contribution is -2.21. The number of anilines is 1. The third-order valence-electron chi connectivity index (χ3n) is 3.55. The number of carboxylic acid groups (broad SMARTS) is 1. The van der Waals surface area contributed by atoms with Gasteiger partial charge < -0.3 is 10.0 Å². The molecule has 0 spiro atoms. The van der Waals surface area contributed by atoms with Gasteiger partial charge in [0.1, 0.15) is 0 Å². The first kappa shape index (κ1) is 13.6. The van der Waals surface area contributed by atoms with E-state index in [0.717, 1.165) is 23.1 Å². The van der Waals surface area contributed by atoms with E-state index in [9.17, 15) is 4.79 Å². The van der Waals surface area contributed by atoms with Gasteiger partial charge in [-0.1, -0.05) is 18.2 Å². The van der Waals surface area contributed by atoms with E-state index in [4.69, 9.17) is 5.11 Å². The monoisotopic (exact) mass is 351 g/mol. The quantitative estimate of drug-likeness (QED) is 0.901. The van der Waals surface area contributed by atoms with Crippen molar-refractivity contribution in [2.45, 2.75) is 18.9 Å². The second-order valence-electron chi connectivity index (χ2n) is 4.97. The fourth-order valence-corrected chi connectivity index (χ4v) is 4.21. The predicted molar refractivity (Wildman–Crippen MR) is 84.5 cm³/mol. The van der Waals surface area contributed by atoms with E-state index in [0.29, 0.717) is 0 Å². The number of aliphatic carboxylic acids is 1. The number of carbonyl (C=O) groups is 1. The molecule has 0 fully saturated rings. The zero-order chi connectivity index (χ0) is 14.1. The van der Waals surface area contributed by atoms with Gasteiger partial charge in [-0.3, -0.25) is 4.79 Å². The topological polar surface area (TPSA) is 40.5 Å². The van der Waals surface area contributed by atoms with E-state index in [1.807, 2.05) is 18.2 Å². The average Bonchev–Trinajstić information content (AvgIpc) is 2.95. The van der Waals surface area contributed by atoms with Crippen LogP contribution in [-0.2, 0) is 11.3 Å². The van der Waals surface area contributed by atoms with Gasteiger partial charge in [-0.15, -0.1) is 11.3 Å². The van der Waals surface area contributed by atoms with Crippen molar-refractivity contribution >= 4 is 38.9 Å². The van der Waals surface area contributed by atoms with Crippen LogP contribution < -0.4 is 4.90 Å². The Labute approximate surface area is 130 Å². The molecule has 0 saturated carbocycles. The smallest absolute Gasteiger partial charge is 0.304 e. The lowest BCUT2D eigenvalue weighted by atomic mass is 9.98. The molecule has 1 unspecified atom stereocenters. The molecule has 1 aliphatic heterocycles. The molecule has 1 aliphatic rings. The van der Waals surface area contributed by atoms with Gasteiger partial charge in [0.05, 0.1) is 13.0 Å². The molecule has 0 aliphatic carbocycles. The number of carboxylic acids is 1. The normalized spacial score (nSPS) is 17.2. The van der Waals surface area contributed by atoms with E-state index in [1.165, 1.54) is 10.6 Å². The molecule has 0 bridgehead atoms. The zero-order valence-corrected chi connectivity index (χ0v) is 13.2. The molecule has 1 aromatic heterocycles. The second kappa shape index (κ2) is 5.58. The Kier molecular flexibility index (Phi) is 3.81. The standard InChI is InChI=1S/C15H14BrNO2S/c16-11-6-12(20-9-11)8-17-7-10(5-15(18)19)13-3-1-2-4-14(13)17/h1-4,6,9-10H,5,7-8H2,(H,18,19). The first-order valence-corrected chi connectivity index (χ1v) is 8.09. The molecule has 1 N–H and O–H groups in total. The van der Waals surface area contributed by atoms with Crippen molar-refractivity contribution in [1.29, 1.82) is 0 Å². The molecule has 2 aromatic rings. The number of benzene rings is 1. The maximum absolute atomic E-state index is 11.0. The van der Waals surface area contributed by atoms with Crippen LogP contribution in [0.25, 0.3) is 0 Å². The van der Waals surface area contributed by atoms with E-state index >= 15 is 0 Å². The van der Waals surface area contributed by atoms with Gasteiger partial charge in [0.15, 0.2) is 0 Å². The Morgan fingerprint density at radius 2 is 2.25 bits per heavy atom. The fourth-order valence-electron chi connectivity index (χ4n) is 2.74. The first-order valence-electron chi connectivity index (χ1n) is 6.42. The van der Waals surface area contributed by atoms with E-state index in [2.05, 4.69) is 38.3 Å². The SMILES string of the molecule is O=C(O)CC1CN(Cc2cc(Br)cs2)c2ccccc21. The molecule has 2 heterocycles. The molecule has 0 saturated heterocycles. The Balaban J connectivity index is 1.84. The van der Waals surface area contributed by atoms with Gasteiger partial charge in [-0.05, 0) is 33.6 Å². The van der Waals surface area contributed by atoms with E-state index < -0.39 is 5.97 Å². The lowest BCUT2D eigenvalue weighted by Gasteiger charge is -2.18. The Morgan fingerprint density at radius 1 is 1.45 bits per heavy atom. The number of fused-ring (bicyclic) bond motifs is 1. The molecular weight excluding hydrogens is 338 g/mol. The summed E-state index contributed by atoms with van der Waals surface area (Å²) in [5, 5.41) is 11.1. The summed E-state index contributed by atoms with van der Waals surface area (Å²) in [4.78, 5) is 14.6. The molecule has 20 heavy (non-hydrogen) atoms. The van der Waals surface area contributed by atoms with Crippen LogP contribution >= 0.6 is 27.3 Å². The molecule has 3 nitrogen and oxygen atoms in total. The molecule has 5 heteroatoms. The molecule has 1 atom stereocenters. The third kappa shape index (κ3) is 2.74. The Bertz CT molecular complexity index is 640. The van der Waals surface area contributed by atoms with Gasteiger partial charge in [-0.25, -0.2) is 0 Å². The summed E-state index contributed by atoms with van der Waals surface area (Å²) in [6, 6.07) is 10.3. The zero-order valence-electron chi connectivity index (χ0n) is 10.8. The minimum atomic E-state index is -0.731. The van der Waals surface area contributed by atoms with Crippen LogP contribution in [0, 0.1) is 0 Å². The number of halogens is 1. The molecule has 0 radical (unpaired) electrons. The van der Waals surface area contributed by atoms with Gasteiger partial charge in [0.25, 0.3) is 0 Å². The van der Waals surface area contributed by atoms with E-state index in [-0.39, 0.29) is 12.3 Å². The van der Waals surface area contributed by atoms with Crippen LogP contribution in [0.3, 0.4) is 0 Å². The third-order valence-corrected chi connectivity index (χ3v) is 5.23. The highest BCUT2D eigenvalue weighted by atomic mass is 79.9. The van der Waals surface area contributed by atoms with Crippen LogP contribution in [0.2, 0.25) is 0 Å². The number of para-hydroxylation sites is 1. The van der Waals surface area contributed by atoms with Crippen LogP contribution in [0.15, 0.2) is 40.2 Å². The summed E-state index contributed by atoms with van der Waals surface area (Å²) in [6.07, 6.45) is 0.196. The van der Waals surface area contributed by atoms with Crippen LogP contribution in [-0.4, -0.2) is 17.6 Å². The van der Waals surface area contributed by atoms with Gasteiger partial charge >= 0.3 is 5.97 Å². The van der Waals surface area contributed by atoms with Crippen molar-refractivity contribution in [2.75, 3.05) is 11.4 Å². The summed E-state index contributed by atoms with van der Waals surface area (Å²) >= 11 is 5.19. The molecule has 1 aromatic carbocycles. The minimum Gasteiger partial charge on any atom is -0.481 e. The number of rotatable bonds is 4. The van der Waals surface area contributed by atoms with Crippen molar-refractivity contribution in [3.8, 4) is 0 Å². The highest BCUT2D eigenvalue weighted by Crippen LogP contribution is 2.39. The maximum Gasteiger partial charge on any atom is 0.304 e. The second-order valence-corrected chi connectivity index (χ2v) is 6.88. The van der Waals surface area contributed by atoms with Gasteiger partial charge in [-0.2, -0.15) is 0 Å². The number of hydrogen-bond acceptors (Lipinski definition) is 3. The van der Waals surface area contributed by atoms with E-state index in [1.54, 1.807) is 11.3 Å². The van der Waals surface area contributed by atoms with Crippen LogP contribution in [0.1, 0.15) is 22.8 Å². The Hall–Kier alpha value is -1.33. The van der Waals surface area contributed by atoms with Crippen molar-refractivity contribution < 1.29 is 9.90 Å². The molecule has 104 valence electrons. The summed E-state index contributed by atoms with van der Waals surface area (Å²) in [5.41, 5.74) is 2.33. The Morgan fingerprint density at radius 3 is 2.95 bits per heavy atom. The van der Waals surface area contributed by atoms with Gasteiger partial charge in [0, 0.05) is 32.9 Å². The van der Waals surface area contributed by atoms with Crippen LogP contribution in [0.5, 0.6) is 0 Å².